The highest BCUT2D eigenvalue weighted by atomic mass is 16.4. The summed E-state index contributed by atoms with van der Waals surface area (Å²) >= 11 is 0. The van der Waals surface area contributed by atoms with E-state index in [0.29, 0.717) is 31.1 Å². The van der Waals surface area contributed by atoms with Crippen molar-refractivity contribution in [3.8, 4) is 0 Å². The number of hydrogen-bond donors (Lipinski definition) is 1. The van der Waals surface area contributed by atoms with E-state index in [4.69, 9.17) is 0 Å². The molecule has 1 aromatic rings. The predicted molar refractivity (Wildman–Crippen MR) is 139 cm³/mol. The van der Waals surface area contributed by atoms with Crippen molar-refractivity contribution in [1.29, 1.82) is 0 Å². The first-order valence-electron chi connectivity index (χ1n) is 14.2. The molecule has 5 rings (SSSR count). The Morgan fingerprint density at radius 1 is 0.914 bits per heavy atom. The highest BCUT2D eigenvalue weighted by Gasteiger charge is 2.46. The summed E-state index contributed by atoms with van der Waals surface area (Å²) in [5.74, 6) is -0.00260. The molecule has 2 bridgehead atoms. The summed E-state index contributed by atoms with van der Waals surface area (Å²) in [4.78, 5) is 32.3. The van der Waals surface area contributed by atoms with E-state index in [2.05, 4.69) is 11.8 Å². The number of carboxylic acids is 1. The van der Waals surface area contributed by atoms with Gasteiger partial charge in [-0.2, -0.15) is 0 Å². The average Bonchev–Trinajstić information content (AvgIpc) is 3.35. The Balaban J connectivity index is 1.38. The number of benzene rings is 1. The fourth-order valence-electron chi connectivity index (χ4n) is 7.86. The van der Waals surface area contributed by atoms with Crippen LogP contribution in [0, 0.1) is 5.92 Å². The zero-order valence-corrected chi connectivity index (χ0v) is 21.4. The summed E-state index contributed by atoms with van der Waals surface area (Å²) in [6.07, 6.45) is 15.1. The number of hydrogen-bond acceptors (Lipinski definition) is 3. The fraction of sp³-hybridized carbons (Fsp3) is 0.724. The van der Waals surface area contributed by atoms with E-state index in [1.54, 1.807) is 4.90 Å². The van der Waals surface area contributed by atoms with Gasteiger partial charge in [0.25, 0.3) is 0 Å². The van der Waals surface area contributed by atoms with Crippen LogP contribution < -0.4 is 4.90 Å². The van der Waals surface area contributed by atoms with Crippen LogP contribution in [0.5, 0.6) is 0 Å². The van der Waals surface area contributed by atoms with E-state index in [0.717, 1.165) is 30.9 Å². The minimum Gasteiger partial charge on any atom is -0.480 e. The molecule has 3 aliphatic heterocycles. The smallest absolute Gasteiger partial charge is 0.326 e. The second kappa shape index (κ2) is 10.9. The molecular formula is C29H43N3O3. The third kappa shape index (κ3) is 5.09. The van der Waals surface area contributed by atoms with Crippen LogP contribution in [0.15, 0.2) is 30.3 Å². The Hall–Kier alpha value is -2.08. The quantitative estimate of drug-likeness (QED) is 0.549. The maximum Gasteiger partial charge on any atom is 0.326 e. The third-order valence-electron chi connectivity index (χ3n) is 9.27. The van der Waals surface area contributed by atoms with Gasteiger partial charge in [0, 0.05) is 36.4 Å². The number of para-hydroxylation sites is 1. The molecule has 4 fully saturated rings. The zero-order chi connectivity index (χ0) is 24.4. The van der Waals surface area contributed by atoms with E-state index >= 15 is 0 Å². The van der Waals surface area contributed by atoms with Gasteiger partial charge in [0.2, 0.25) is 0 Å². The van der Waals surface area contributed by atoms with Crippen molar-refractivity contribution in [2.75, 3.05) is 11.4 Å². The van der Waals surface area contributed by atoms with Crippen molar-refractivity contribution >= 4 is 17.7 Å². The third-order valence-corrected chi connectivity index (χ3v) is 9.27. The van der Waals surface area contributed by atoms with E-state index < -0.39 is 12.0 Å². The lowest BCUT2D eigenvalue weighted by molar-refractivity contribution is -0.141. The van der Waals surface area contributed by atoms with Gasteiger partial charge in [-0.15, -0.1) is 0 Å². The number of piperidine rings is 2. The molecule has 1 aliphatic carbocycles. The predicted octanol–water partition coefficient (Wildman–Crippen LogP) is 5.91. The molecule has 6 nitrogen and oxygen atoms in total. The Kier molecular flexibility index (Phi) is 7.66. The molecule has 1 unspecified atom stereocenters. The lowest BCUT2D eigenvalue weighted by atomic mass is 9.75. The molecule has 3 heterocycles. The standard InChI is InChI=1S/C29H43N3O3/c1-2-9-21-10-6-13-23(18-21)31-24-14-7-15-25(31)20-26(19-24)32(22-11-4-3-5-12-22)29(35)30-17-8-16-27(30)28(33)34/h3-5,11-12,21,23-27H,2,6-10,13-20H2,1H3,(H,33,34)/t21-,23-,24-,25+,26+,27?/m1/s1. The van der Waals surface area contributed by atoms with E-state index in [-0.39, 0.29) is 12.1 Å². The topological polar surface area (TPSA) is 64.1 Å². The van der Waals surface area contributed by atoms with E-state index in [1.165, 1.54) is 57.8 Å². The van der Waals surface area contributed by atoms with Crippen LogP contribution in [0.1, 0.15) is 90.4 Å². The number of rotatable bonds is 6. The first-order valence-corrected chi connectivity index (χ1v) is 14.2. The summed E-state index contributed by atoms with van der Waals surface area (Å²) in [7, 11) is 0. The zero-order valence-electron chi connectivity index (χ0n) is 21.4. The average molecular weight is 482 g/mol. The van der Waals surface area contributed by atoms with Crippen molar-refractivity contribution in [1.82, 2.24) is 9.80 Å². The molecule has 0 aromatic heterocycles. The van der Waals surface area contributed by atoms with Crippen LogP contribution in [0.4, 0.5) is 10.5 Å². The maximum absolute atomic E-state index is 14.0. The van der Waals surface area contributed by atoms with Crippen molar-refractivity contribution in [3.05, 3.63) is 30.3 Å². The highest BCUT2D eigenvalue weighted by Crippen LogP contribution is 2.43. The van der Waals surface area contributed by atoms with Gasteiger partial charge >= 0.3 is 12.0 Å². The van der Waals surface area contributed by atoms with Crippen LogP contribution in [0.25, 0.3) is 0 Å². The SMILES string of the molecule is CCC[C@@H]1CCC[C@@H](N2[C@@H]3CCC[C@H]2C[C@@H](N(C(=O)N2CCCC2C(=O)O)c2ccccc2)C3)C1. The Bertz CT molecular complexity index is 861. The number of nitrogens with zero attached hydrogens (tertiary/aromatic N) is 3. The highest BCUT2D eigenvalue weighted by molar-refractivity contribution is 5.95. The summed E-state index contributed by atoms with van der Waals surface area (Å²) in [6.45, 7) is 2.85. The molecule has 0 spiro atoms. The Labute approximate surface area is 210 Å². The van der Waals surface area contributed by atoms with E-state index in [1.807, 2.05) is 35.2 Å². The van der Waals surface area contributed by atoms with Crippen molar-refractivity contribution < 1.29 is 14.7 Å². The number of carbonyl (C=O) groups is 2. The van der Waals surface area contributed by atoms with Crippen LogP contribution in [0.3, 0.4) is 0 Å². The number of fused-ring (bicyclic) bond motifs is 2. The summed E-state index contributed by atoms with van der Waals surface area (Å²) in [6, 6.07) is 11.1. The molecule has 35 heavy (non-hydrogen) atoms. The fourth-order valence-corrected chi connectivity index (χ4v) is 7.86. The van der Waals surface area contributed by atoms with Gasteiger partial charge in [0.15, 0.2) is 0 Å². The van der Waals surface area contributed by atoms with Gasteiger partial charge in [0.1, 0.15) is 6.04 Å². The first-order chi connectivity index (χ1) is 17.1. The van der Waals surface area contributed by atoms with Crippen molar-refractivity contribution in [3.63, 3.8) is 0 Å². The van der Waals surface area contributed by atoms with Crippen molar-refractivity contribution in [2.45, 2.75) is 121 Å². The van der Waals surface area contributed by atoms with Crippen LogP contribution in [-0.4, -0.2) is 63.7 Å². The lowest BCUT2D eigenvalue weighted by Crippen LogP contribution is -2.62. The number of aliphatic carboxylic acids is 1. The molecule has 0 radical (unpaired) electrons. The molecule has 6 heteroatoms. The van der Waals surface area contributed by atoms with Crippen molar-refractivity contribution in [2.24, 2.45) is 5.92 Å². The molecule has 2 amide bonds. The largest absolute Gasteiger partial charge is 0.480 e. The van der Waals surface area contributed by atoms with Crippen LogP contribution >= 0.6 is 0 Å². The van der Waals surface area contributed by atoms with E-state index in [9.17, 15) is 14.7 Å². The second-order valence-electron chi connectivity index (χ2n) is 11.5. The first kappa shape index (κ1) is 24.6. The Morgan fingerprint density at radius 3 is 2.23 bits per heavy atom. The molecule has 1 saturated carbocycles. The monoisotopic (exact) mass is 481 g/mol. The van der Waals surface area contributed by atoms with Crippen LogP contribution in [-0.2, 0) is 4.79 Å². The summed E-state index contributed by atoms with van der Waals surface area (Å²) < 4.78 is 0. The van der Waals surface area contributed by atoms with Gasteiger partial charge in [-0.25, -0.2) is 9.59 Å². The normalized spacial score (nSPS) is 33.5. The molecule has 192 valence electrons. The number of amides is 2. The minimum atomic E-state index is -0.880. The van der Waals surface area contributed by atoms with Gasteiger partial charge in [-0.1, -0.05) is 57.2 Å². The van der Waals surface area contributed by atoms with Gasteiger partial charge in [0.05, 0.1) is 0 Å². The number of carbonyl (C=O) groups excluding carboxylic acids is 1. The molecule has 1 aromatic carbocycles. The molecule has 3 saturated heterocycles. The van der Waals surface area contributed by atoms with Gasteiger partial charge < -0.3 is 10.0 Å². The maximum atomic E-state index is 14.0. The molecule has 6 atom stereocenters. The summed E-state index contributed by atoms with van der Waals surface area (Å²) in [5.41, 5.74) is 0.908. The number of anilines is 1. The second-order valence-corrected chi connectivity index (χ2v) is 11.5. The number of carboxylic acid groups (broad SMARTS) is 1. The molecular weight excluding hydrogens is 438 g/mol. The molecule has 1 N–H and O–H groups in total. The van der Waals surface area contributed by atoms with Gasteiger partial charge in [-0.05, 0) is 69.4 Å². The molecule has 4 aliphatic rings. The Morgan fingerprint density at radius 2 is 1.57 bits per heavy atom. The summed E-state index contributed by atoms with van der Waals surface area (Å²) in [5, 5.41) is 9.75. The lowest BCUT2D eigenvalue weighted by Gasteiger charge is -2.55. The van der Waals surface area contributed by atoms with Gasteiger partial charge in [-0.3, -0.25) is 9.80 Å². The number of urea groups is 1. The minimum absolute atomic E-state index is 0.113. The number of likely N-dealkylation sites (tertiary alicyclic amines) is 1. The van der Waals surface area contributed by atoms with Crippen LogP contribution in [0.2, 0.25) is 0 Å².